The van der Waals surface area contributed by atoms with Crippen molar-refractivity contribution in [2.24, 2.45) is 11.3 Å². The van der Waals surface area contributed by atoms with Gasteiger partial charge in [0, 0.05) is 25.6 Å². The van der Waals surface area contributed by atoms with E-state index < -0.39 is 11.4 Å². The number of nitrogens with zero attached hydrogens (tertiary/aromatic N) is 2. The lowest BCUT2D eigenvalue weighted by molar-refractivity contribution is -0.136. The minimum Gasteiger partial charge on any atom is -0.478 e. The van der Waals surface area contributed by atoms with Crippen molar-refractivity contribution in [2.75, 3.05) is 6.54 Å². The molecule has 0 bridgehead atoms. The van der Waals surface area contributed by atoms with Gasteiger partial charge >= 0.3 is 5.97 Å². The Kier molecular flexibility index (Phi) is 6.19. The number of nitrogens with one attached hydrogen (secondary N) is 1. The number of rotatable bonds is 7. The van der Waals surface area contributed by atoms with Crippen LogP contribution in [0.2, 0.25) is 0 Å². The van der Waals surface area contributed by atoms with Gasteiger partial charge in [-0.2, -0.15) is 5.26 Å². The normalized spacial score (nSPS) is 20.3. The molecule has 0 radical (unpaired) electrons. The fourth-order valence-corrected chi connectivity index (χ4v) is 5.84. The quantitative estimate of drug-likeness (QED) is 0.472. The lowest BCUT2D eigenvalue weighted by Gasteiger charge is -2.33. The lowest BCUT2D eigenvalue weighted by Crippen LogP contribution is -2.41. The first-order chi connectivity index (χ1) is 18.9. The SMILES string of the molecule is N#CC1(C(=O)N2CCc3c(-c4cccc(C(=O)O)c4)ccc(CNC(=O)[C@@H]4C[C@@H]4c4ccccc4)c3C2)CC1. The van der Waals surface area contributed by atoms with Crippen LogP contribution in [-0.2, 0) is 29.1 Å². The molecular weight excluding hydrogens is 490 g/mol. The molecule has 39 heavy (non-hydrogen) atoms. The molecule has 1 aliphatic heterocycles. The molecule has 7 nitrogen and oxygen atoms in total. The second kappa shape index (κ2) is 9.70. The minimum atomic E-state index is -0.984. The first-order valence-electron chi connectivity index (χ1n) is 13.4. The average Bonchev–Trinajstić information content (AvgIpc) is 3.90. The number of fused-ring (bicyclic) bond motifs is 1. The standard InChI is InChI=1S/C32H29N3O4/c33-19-32(12-13-32)31(39)35-14-11-25-24(21-7-4-8-22(15-21)30(37)38)10-9-23(28(25)18-35)17-34-29(36)27-16-26(27)20-5-2-1-3-6-20/h1-10,15,26-27H,11-14,16-18H2,(H,34,36)(H,37,38)/t26-,27-/m1/s1. The van der Waals surface area contributed by atoms with E-state index in [1.807, 2.05) is 36.4 Å². The summed E-state index contributed by atoms with van der Waals surface area (Å²) in [5.41, 5.74) is 5.21. The Balaban J connectivity index is 1.27. The molecule has 2 amide bonds. The van der Waals surface area contributed by atoms with E-state index >= 15 is 0 Å². The molecule has 0 unspecified atom stereocenters. The van der Waals surface area contributed by atoms with Crippen LogP contribution in [-0.4, -0.2) is 34.3 Å². The molecule has 0 saturated heterocycles. The molecule has 6 rings (SSSR count). The van der Waals surface area contributed by atoms with Crippen LogP contribution in [0, 0.1) is 22.7 Å². The highest BCUT2D eigenvalue weighted by molar-refractivity contribution is 5.90. The van der Waals surface area contributed by atoms with Crippen LogP contribution in [0.15, 0.2) is 66.7 Å². The summed E-state index contributed by atoms with van der Waals surface area (Å²) in [6.45, 7) is 1.21. The summed E-state index contributed by atoms with van der Waals surface area (Å²) in [5.74, 6) is -0.863. The largest absolute Gasteiger partial charge is 0.478 e. The summed E-state index contributed by atoms with van der Waals surface area (Å²) in [6.07, 6.45) is 2.63. The van der Waals surface area contributed by atoms with E-state index in [4.69, 9.17) is 0 Å². The van der Waals surface area contributed by atoms with E-state index in [9.17, 15) is 24.8 Å². The third-order valence-corrected chi connectivity index (χ3v) is 8.40. The number of carbonyl (C=O) groups excluding carboxylic acids is 2. The van der Waals surface area contributed by atoms with Gasteiger partial charge in [0.15, 0.2) is 0 Å². The van der Waals surface area contributed by atoms with Crippen LogP contribution < -0.4 is 5.32 Å². The van der Waals surface area contributed by atoms with Crippen molar-refractivity contribution in [3.05, 3.63) is 94.5 Å². The smallest absolute Gasteiger partial charge is 0.335 e. The zero-order chi connectivity index (χ0) is 27.1. The van der Waals surface area contributed by atoms with Crippen molar-refractivity contribution in [1.29, 1.82) is 5.26 Å². The van der Waals surface area contributed by atoms with Crippen LogP contribution in [0.3, 0.4) is 0 Å². The van der Waals surface area contributed by atoms with E-state index in [0.717, 1.165) is 34.2 Å². The Bertz CT molecular complexity index is 1520. The zero-order valence-electron chi connectivity index (χ0n) is 21.5. The number of hydrogen-bond donors (Lipinski definition) is 2. The number of hydrogen-bond acceptors (Lipinski definition) is 4. The Morgan fingerprint density at radius 2 is 1.82 bits per heavy atom. The summed E-state index contributed by atoms with van der Waals surface area (Å²) < 4.78 is 0. The third-order valence-electron chi connectivity index (χ3n) is 8.40. The first-order valence-corrected chi connectivity index (χ1v) is 13.4. The van der Waals surface area contributed by atoms with Crippen LogP contribution in [0.5, 0.6) is 0 Å². The maximum absolute atomic E-state index is 13.2. The number of aromatic carboxylic acids is 1. The summed E-state index contributed by atoms with van der Waals surface area (Å²) in [4.78, 5) is 39.6. The Morgan fingerprint density at radius 3 is 2.54 bits per heavy atom. The number of carbonyl (C=O) groups is 3. The van der Waals surface area contributed by atoms with Gasteiger partial charge in [-0.05, 0) is 77.1 Å². The molecule has 2 N–H and O–H groups in total. The van der Waals surface area contributed by atoms with Crippen molar-refractivity contribution in [3.63, 3.8) is 0 Å². The van der Waals surface area contributed by atoms with Crippen LogP contribution >= 0.6 is 0 Å². The van der Waals surface area contributed by atoms with E-state index in [0.29, 0.717) is 38.9 Å². The first kappa shape index (κ1) is 24.9. The van der Waals surface area contributed by atoms with Crippen molar-refractivity contribution < 1.29 is 19.5 Å². The fraction of sp³-hybridized carbons (Fsp3) is 0.312. The number of carboxylic acid groups (broad SMARTS) is 1. The monoisotopic (exact) mass is 519 g/mol. The second-order valence-corrected chi connectivity index (χ2v) is 10.9. The topological polar surface area (TPSA) is 110 Å². The molecule has 3 aromatic carbocycles. The van der Waals surface area contributed by atoms with E-state index in [2.05, 4.69) is 23.5 Å². The number of nitriles is 1. The predicted molar refractivity (Wildman–Crippen MR) is 144 cm³/mol. The maximum Gasteiger partial charge on any atom is 0.335 e. The van der Waals surface area contributed by atoms with Gasteiger partial charge in [-0.25, -0.2) is 4.79 Å². The minimum absolute atomic E-state index is 0.0287. The lowest BCUT2D eigenvalue weighted by atomic mass is 9.86. The highest BCUT2D eigenvalue weighted by Crippen LogP contribution is 2.48. The van der Waals surface area contributed by atoms with Crippen LogP contribution in [0.1, 0.15) is 57.8 Å². The molecule has 196 valence electrons. The van der Waals surface area contributed by atoms with E-state index in [1.54, 1.807) is 23.1 Å². The molecule has 3 aliphatic rings. The van der Waals surface area contributed by atoms with Crippen LogP contribution in [0.4, 0.5) is 0 Å². The second-order valence-electron chi connectivity index (χ2n) is 10.9. The molecule has 2 fully saturated rings. The summed E-state index contributed by atoms with van der Waals surface area (Å²) >= 11 is 0. The predicted octanol–water partition coefficient (Wildman–Crippen LogP) is 4.66. The maximum atomic E-state index is 13.2. The van der Waals surface area contributed by atoms with Gasteiger partial charge in [-0.3, -0.25) is 9.59 Å². The molecule has 0 aromatic heterocycles. The van der Waals surface area contributed by atoms with Crippen molar-refractivity contribution in [3.8, 4) is 17.2 Å². The van der Waals surface area contributed by atoms with Gasteiger partial charge in [0.1, 0.15) is 5.41 Å². The van der Waals surface area contributed by atoms with Gasteiger partial charge in [0.05, 0.1) is 11.6 Å². The molecule has 2 saturated carbocycles. The number of carboxylic acids is 1. The third kappa shape index (κ3) is 4.67. The molecule has 1 heterocycles. The van der Waals surface area contributed by atoms with Crippen molar-refractivity contribution in [2.45, 2.75) is 44.7 Å². The molecule has 0 spiro atoms. The molecule has 7 heteroatoms. The van der Waals surface area contributed by atoms with E-state index in [1.165, 1.54) is 5.56 Å². The average molecular weight is 520 g/mol. The Hall–Kier alpha value is -4.44. The summed E-state index contributed by atoms with van der Waals surface area (Å²) in [5, 5.41) is 22.2. The van der Waals surface area contributed by atoms with Crippen molar-refractivity contribution in [1.82, 2.24) is 10.2 Å². The summed E-state index contributed by atoms with van der Waals surface area (Å²) in [6, 6.07) is 23.1. The van der Waals surface area contributed by atoms with Crippen LogP contribution in [0.25, 0.3) is 11.1 Å². The molecule has 2 aliphatic carbocycles. The van der Waals surface area contributed by atoms with Gasteiger partial charge in [-0.1, -0.05) is 54.6 Å². The van der Waals surface area contributed by atoms with Gasteiger partial charge < -0.3 is 15.3 Å². The Morgan fingerprint density at radius 1 is 1.03 bits per heavy atom. The van der Waals surface area contributed by atoms with Gasteiger partial charge in [0.2, 0.25) is 11.8 Å². The Labute approximate surface area is 227 Å². The molecular formula is C32H29N3O4. The molecule has 2 atom stereocenters. The zero-order valence-corrected chi connectivity index (χ0v) is 21.5. The van der Waals surface area contributed by atoms with Crippen molar-refractivity contribution >= 4 is 17.8 Å². The molecule has 3 aromatic rings. The van der Waals surface area contributed by atoms with Gasteiger partial charge in [0.25, 0.3) is 0 Å². The number of amides is 2. The highest BCUT2D eigenvalue weighted by Gasteiger charge is 2.53. The number of benzene rings is 3. The van der Waals surface area contributed by atoms with E-state index in [-0.39, 0.29) is 29.2 Å². The summed E-state index contributed by atoms with van der Waals surface area (Å²) in [7, 11) is 0. The van der Waals surface area contributed by atoms with Gasteiger partial charge in [-0.15, -0.1) is 0 Å². The fourth-order valence-electron chi connectivity index (χ4n) is 5.84. The highest BCUT2D eigenvalue weighted by atomic mass is 16.4.